The molecule has 1 aromatic rings. The van der Waals surface area contributed by atoms with Gasteiger partial charge in [-0.25, -0.2) is 9.78 Å². The Morgan fingerprint density at radius 3 is 2.46 bits per heavy atom. The molecule has 0 bridgehead atoms. The minimum absolute atomic E-state index is 0.00123. The van der Waals surface area contributed by atoms with Crippen molar-refractivity contribution in [1.82, 2.24) is 25.9 Å². The topological polar surface area (TPSA) is 179 Å². The number of thiol groups is 1. The monoisotopic (exact) mass is 386 g/mol. The molecule has 3 atom stereocenters. The number of carbonyl (C=O) groups excluding carboxylic acids is 3. The Kier molecular flexibility index (Phi) is 8.58. The molecule has 1 rings (SSSR count). The fourth-order valence-electron chi connectivity index (χ4n) is 1.86. The Bertz CT molecular complexity index is 636. The Hall–Kier alpha value is -2.60. The number of rotatable bonds is 10. The van der Waals surface area contributed by atoms with E-state index in [4.69, 9.17) is 5.73 Å². The molecule has 0 saturated carbocycles. The second-order valence-electron chi connectivity index (χ2n) is 5.49. The summed E-state index contributed by atoms with van der Waals surface area (Å²) in [7, 11) is 0. The average Bonchev–Trinajstić information content (AvgIpc) is 3.09. The van der Waals surface area contributed by atoms with E-state index in [-0.39, 0.29) is 18.7 Å². The molecule has 11 nitrogen and oxygen atoms in total. The molecule has 0 fully saturated rings. The zero-order valence-corrected chi connectivity index (χ0v) is 15.0. The summed E-state index contributed by atoms with van der Waals surface area (Å²) in [6.45, 7) is 1.09. The predicted octanol–water partition coefficient (Wildman–Crippen LogP) is -2.60. The molecule has 3 unspecified atom stereocenters. The van der Waals surface area contributed by atoms with Gasteiger partial charge in [-0.3, -0.25) is 14.4 Å². The van der Waals surface area contributed by atoms with Gasteiger partial charge in [-0.05, 0) is 6.92 Å². The standard InChI is InChI=1S/C14H22N6O5S/c1-7(15)12(22)17-4-11(21)19-10(5-26)13(23)20-9(14(24)25)2-8-3-16-6-18-8/h3,6-7,9-10,26H,2,4-5,15H2,1H3,(H,16,18)(H,17,22)(H,19,21)(H,20,23)(H,24,25). The van der Waals surface area contributed by atoms with Gasteiger partial charge >= 0.3 is 5.97 Å². The average molecular weight is 386 g/mol. The van der Waals surface area contributed by atoms with E-state index in [1.54, 1.807) is 0 Å². The third kappa shape index (κ3) is 7.11. The summed E-state index contributed by atoms with van der Waals surface area (Å²) < 4.78 is 0. The number of carbonyl (C=O) groups is 4. The van der Waals surface area contributed by atoms with E-state index >= 15 is 0 Å². The van der Waals surface area contributed by atoms with Gasteiger partial charge in [0, 0.05) is 24.1 Å². The lowest BCUT2D eigenvalue weighted by Crippen LogP contribution is -2.54. The number of hydrogen-bond acceptors (Lipinski definition) is 7. The van der Waals surface area contributed by atoms with Crippen molar-refractivity contribution in [2.24, 2.45) is 5.73 Å². The highest BCUT2D eigenvalue weighted by Gasteiger charge is 2.26. The molecule has 26 heavy (non-hydrogen) atoms. The third-order valence-electron chi connectivity index (χ3n) is 3.26. The maximum Gasteiger partial charge on any atom is 0.326 e. The van der Waals surface area contributed by atoms with E-state index in [1.165, 1.54) is 19.4 Å². The van der Waals surface area contributed by atoms with Crippen LogP contribution >= 0.6 is 12.6 Å². The fraction of sp³-hybridized carbons (Fsp3) is 0.500. The number of carboxylic acid groups (broad SMARTS) is 1. The number of aliphatic carboxylic acids is 1. The first-order chi connectivity index (χ1) is 12.2. The van der Waals surface area contributed by atoms with Crippen molar-refractivity contribution in [1.29, 1.82) is 0 Å². The number of aromatic amines is 1. The SMILES string of the molecule is CC(N)C(=O)NCC(=O)NC(CS)C(=O)NC(Cc1cnc[nH]1)C(=O)O. The smallest absolute Gasteiger partial charge is 0.326 e. The number of nitrogens with zero attached hydrogens (tertiary/aromatic N) is 1. The lowest BCUT2D eigenvalue weighted by molar-refractivity contribution is -0.142. The lowest BCUT2D eigenvalue weighted by Gasteiger charge is -2.20. The highest BCUT2D eigenvalue weighted by molar-refractivity contribution is 7.80. The molecule has 0 radical (unpaired) electrons. The number of nitrogens with one attached hydrogen (secondary N) is 4. The van der Waals surface area contributed by atoms with Gasteiger partial charge < -0.3 is 31.8 Å². The second kappa shape index (κ2) is 10.4. The molecule has 0 spiro atoms. The molecule has 3 amide bonds. The van der Waals surface area contributed by atoms with Gasteiger partial charge in [-0.15, -0.1) is 0 Å². The molecule has 0 aliphatic heterocycles. The number of amides is 3. The maximum absolute atomic E-state index is 12.2. The second-order valence-corrected chi connectivity index (χ2v) is 5.85. The van der Waals surface area contributed by atoms with Crippen molar-refractivity contribution in [2.45, 2.75) is 31.5 Å². The first kappa shape index (κ1) is 21.4. The van der Waals surface area contributed by atoms with Gasteiger partial charge in [0.15, 0.2) is 0 Å². The Morgan fingerprint density at radius 1 is 1.27 bits per heavy atom. The molecular weight excluding hydrogens is 364 g/mol. The minimum atomic E-state index is -1.23. The van der Waals surface area contributed by atoms with Crippen LogP contribution in [0.25, 0.3) is 0 Å². The highest BCUT2D eigenvalue weighted by atomic mass is 32.1. The van der Waals surface area contributed by atoms with Crippen molar-refractivity contribution in [2.75, 3.05) is 12.3 Å². The summed E-state index contributed by atoms with van der Waals surface area (Å²) >= 11 is 3.99. The van der Waals surface area contributed by atoms with E-state index < -0.39 is 41.8 Å². The largest absolute Gasteiger partial charge is 0.480 e. The summed E-state index contributed by atoms with van der Waals surface area (Å²) in [6, 6.07) is -3.05. The van der Waals surface area contributed by atoms with Crippen LogP contribution in [-0.2, 0) is 25.6 Å². The summed E-state index contributed by atoms with van der Waals surface area (Å²) in [5, 5.41) is 16.2. The number of H-pyrrole nitrogens is 1. The van der Waals surface area contributed by atoms with E-state index in [0.29, 0.717) is 5.69 Å². The van der Waals surface area contributed by atoms with Crippen LogP contribution in [-0.4, -0.2) is 69.2 Å². The maximum atomic E-state index is 12.2. The first-order valence-electron chi connectivity index (χ1n) is 7.68. The number of nitrogens with two attached hydrogens (primary N) is 1. The van der Waals surface area contributed by atoms with Gasteiger partial charge in [-0.2, -0.15) is 12.6 Å². The van der Waals surface area contributed by atoms with Crippen LogP contribution in [0.1, 0.15) is 12.6 Å². The molecule has 144 valence electrons. The van der Waals surface area contributed by atoms with E-state index in [0.717, 1.165) is 0 Å². The first-order valence-corrected chi connectivity index (χ1v) is 8.31. The van der Waals surface area contributed by atoms with Gasteiger partial charge in [0.25, 0.3) is 0 Å². The summed E-state index contributed by atoms with van der Waals surface area (Å²) in [5.41, 5.74) is 5.88. The molecule has 12 heteroatoms. The van der Waals surface area contributed by atoms with Crippen LogP contribution in [0.4, 0.5) is 0 Å². The van der Waals surface area contributed by atoms with Crippen molar-refractivity contribution >= 4 is 36.3 Å². The van der Waals surface area contributed by atoms with E-state index in [2.05, 4.69) is 38.5 Å². The third-order valence-corrected chi connectivity index (χ3v) is 3.63. The number of carboxylic acids is 1. The summed E-state index contributed by atoms with van der Waals surface area (Å²) in [5.74, 6) is -3.15. The zero-order chi connectivity index (χ0) is 19.7. The molecule has 0 aromatic carbocycles. The van der Waals surface area contributed by atoms with Gasteiger partial charge in [0.2, 0.25) is 17.7 Å². The van der Waals surface area contributed by atoms with Crippen molar-refractivity contribution in [3.05, 3.63) is 18.2 Å². The summed E-state index contributed by atoms with van der Waals surface area (Å²) in [4.78, 5) is 53.2. The normalized spacial score (nSPS) is 14.0. The Balaban J connectivity index is 2.58. The zero-order valence-electron chi connectivity index (χ0n) is 14.1. The highest BCUT2D eigenvalue weighted by Crippen LogP contribution is 2.00. The van der Waals surface area contributed by atoms with Crippen molar-refractivity contribution < 1.29 is 24.3 Å². The molecule has 0 aliphatic carbocycles. The number of hydrogen-bond donors (Lipinski definition) is 7. The lowest BCUT2D eigenvalue weighted by atomic mass is 10.1. The van der Waals surface area contributed by atoms with Crippen LogP contribution in [0, 0.1) is 0 Å². The van der Waals surface area contributed by atoms with Crippen molar-refractivity contribution in [3.63, 3.8) is 0 Å². The molecular formula is C14H22N6O5S. The molecule has 1 aromatic heterocycles. The van der Waals surface area contributed by atoms with Gasteiger partial charge in [-0.1, -0.05) is 0 Å². The Labute approximate surface area is 154 Å². The minimum Gasteiger partial charge on any atom is -0.480 e. The van der Waals surface area contributed by atoms with Crippen molar-refractivity contribution in [3.8, 4) is 0 Å². The van der Waals surface area contributed by atoms with Crippen LogP contribution in [0.15, 0.2) is 12.5 Å². The molecule has 1 heterocycles. The Morgan fingerprint density at radius 2 is 1.96 bits per heavy atom. The fourth-order valence-corrected chi connectivity index (χ4v) is 2.11. The quantitative estimate of drug-likeness (QED) is 0.215. The molecule has 0 aliphatic rings. The molecule has 0 saturated heterocycles. The van der Waals surface area contributed by atoms with Crippen LogP contribution in [0.3, 0.4) is 0 Å². The van der Waals surface area contributed by atoms with E-state index in [9.17, 15) is 24.3 Å². The predicted molar refractivity (Wildman–Crippen MR) is 94.3 cm³/mol. The number of aromatic nitrogens is 2. The summed E-state index contributed by atoms with van der Waals surface area (Å²) in [6.07, 6.45) is 2.84. The van der Waals surface area contributed by atoms with Gasteiger partial charge in [0.1, 0.15) is 12.1 Å². The number of imidazole rings is 1. The van der Waals surface area contributed by atoms with Crippen LogP contribution in [0.2, 0.25) is 0 Å². The molecule has 7 N–H and O–H groups in total. The van der Waals surface area contributed by atoms with Gasteiger partial charge in [0.05, 0.1) is 18.9 Å². The van der Waals surface area contributed by atoms with Crippen LogP contribution in [0.5, 0.6) is 0 Å². The van der Waals surface area contributed by atoms with Crippen LogP contribution < -0.4 is 21.7 Å². The van der Waals surface area contributed by atoms with E-state index in [1.807, 2.05) is 0 Å².